The highest BCUT2D eigenvalue weighted by molar-refractivity contribution is 6.25. The van der Waals surface area contributed by atoms with Gasteiger partial charge >= 0.3 is 0 Å². The minimum Gasteiger partial charge on any atom is -0.368 e. The van der Waals surface area contributed by atoms with Crippen molar-refractivity contribution in [1.82, 2.24) is 44.5 Å². The molecule has 0 radical (unpaired) electrons. The number of piperidine rings is 2. The maximum absolute atomic E-state index is 14.7. The predicted octanol–water partition coefficient (Wildman–Crippen LogP) is 4.46. The van der Waals surface area contributed by atoms with Crippen molar-refractivity contribution in [2.75, 3.05) is 75.2 Å². The Hall–Kier alpha value is -6.01. The van der Waals surface area contributed by atoms with Gasteiger partial charge in [-0.05, 0) is 87.0 Å². The van der Waals surface area contributed by atoms with E-state index < -0.39 is 36.1 Å². The fraction of sp³-hybridized carbons (Fsp3) is 0.511. The van der Waals surface area contributed by atoms with Gasteiger partial charge in [-0.2, -0.15) is 10.2 Å². The average Bonchev–Trinajstić information content (AvgIpc) is 3.99. The van der Waals surface area contributed by atoms with Gasteiger partial charge in [0, 0.05) is 113 Å². The molecule has 1 N–H and O–H groups in total. The zero-order chi connectivity index (χ0) is 45.1. The van der Waals surface area contributed by atoms with Gasteiger partial charge in [0.15, 0.2) is 5.82 Å². The van der Waals surface area contributed by atoms with Crippen LogP contribution < -0.4 is 15.1 Å². The molecule has 10 rings (SSSR count). The maximum Gasteiger partial charge on any atom is 0.264 e. The second-order valence-corrected chi connectivity index (χ2v) is 18.3. The lowest BCUT2D eigenvalue weighted by molar-refractivity contribution is -0.136. The zero-order valence-corrected chi connectivity index (χ0v) is 37.0. The van der Waals surface area contributed by atoms with Crippen molar-refractivity contribution in [2.45, 2.75) is 83.3 Å². The number of carbonyl (C=O) groups is 5. The number of piperazine rings is 1. The number of nitrogens with one attached hydrogen (secondary N) is 1. The van der Waals surface area contributed by atoms with Gasteiger partial charge in [0.25, 0.3) is 18.2 Å². The molecule has 3 saturated heterocycles. The molecule has 18 heteroatoms. The number of aromatic nitrogens is 4. The molecule has 5 amide bonds. The molecule has 342 valence electrons. The van der Waals surface area contributed by atoms with Gasteiger partial charge in [0.2, 0.25) is 17.7 Å². The van der Waals surface area contributed by atoms with Crippen LogP contribution in [0.15, 0.2) is 42.7 Å². The van der Waals surface area contributed by atoms with Crippen LogP contribution in [0.2, 0.25) is 0 Å². The molecular weight excluding hydrogens is 837 g/mol. The van der Waals surface area contributed by atoms with Crippen molar-refractivity contribution in [3.8, 4) is 11.1 Å². The molecule has 8 heterocycles. The van der Waals surface area contributed by atoms with Crippen molar-refractivity contribution in [3.05, 3.63) is 76.2 Å². The second kappa shape index (κ2) is 17.4. The van der Waals surface area contributed by atoms with Gasteiger partial charge in [0.1, 0.15) is 6.04 Å². The van der Waals surface area contributed by atoms with E-state index in [1.165, 1.54) is 0 Å². The lowest BCUT2D eigenvalue weighted by Crippen LogP contribution is -2.54. The average molecular weight is 892 g/mol. The summed E-state index contributed by atoms with van der Waals surface area (Å²) in [4.78, 5) is 76.2. The van der Waals surface area contributed by atoms with Crippen LogP contribution in [0.3, 0.4) is 0 Å². The maximum atomic E-state index is 14.7. The molecular formula is C47H55F2N11O5. The molecule has 4 aromatic rings. The van der Waals surface area contributed by atoms with Crippen LogP contribution in [0.1, 0.15) is 101 Å². The number of rotatable bonds is 10. The molecule has 65 heavy (non-hydrogen) atoms. The summed E-state index contributed by atoms with van der Waals surface area (Å²) in [5.74, 6) is -1.21. The third-order valence-corrected chi connectivity index (χ3v) is 14.4. The molecule has 0 saturated carbocycles. The van der Waals surface area contributed by atoms with Crippen LogP contribution in [0.5, 0.6) is 0 Å². The van der Waals surface area contributed by atoms with Gasteiger partial charge in [-0.25, -0.2) is 8.78 Å². The Morgan fingerprint density at radius 3 is 2.34 bits per heavy atom. The number of likely N-dealkylation sites (tertiary alicyclic amines) is 1. The highest BCUT2D eigenvalue weighted by Crippen LogP contribution is 2.44. The summed E-state index contributed by atoms with van der Waals surface area (Å²) in [5.41, 5.74) is 6.41. The van der Waals surface area contributed by atoms with Crippen molar-refractivity contribution in [2.24, 2.45) is 7.05 Å². The first-order chi connectivity index (χ1) is 31.4. The Balaban J connectivity index is 0.770. The van der Waals surface area contributed by atoms with Crippen LogP contribution in [0, 0.1) is 0 Å². The molecule has 3 fully saturated rings. The Morgan fingerprint density at radius 1 is 0.862 bits per heavy atom. The summed E-state index contributed by atoms with van der Waals surface area (Å²) in [6.45, 7) is 10.1. The summed E-state index contributed by atoms with van der Waals surface area (Å²) in [7, 11) is 1.78. The number of amides is 5. The first-order valence-corrected chi connectivity index (χ1v) is 23.0. The van der Waals surface area contributed by atoms with E-state index in [4.69, 9.17) is 5.10 Å². The van der Waals surface area contributed by atoms with E-state index in [2.05, 4.69) is 34.7 Å². The number of benzene rings is 2. The number of fused-ring (bicyclic) bond motifs is 3. The summed E-state index contributed by atoms with van der Waals surface area (Å²) in [6.07, 6.45) is 6.15. The summed E-state index contributed by atoms with van der Waals surface area (Å²) < 4.78 is 33.3. The van der Waals surface area contributed by atoms with Crippen LogP contribution in [-0.2, 0) is 40.8 Å². The first kappa shape index (κ1) is 42.9. The van der Waals surface area contributed by atoms with Gasteiger partial charge in [-0.3, -0.25) is 48.5 Å². The molecule has 0 bridgehead atoms. The molecule has 0 spiro atoms. The van der Waals surface area contributed by atoms with E-state index in [1.54, 1.807) is 49.2 Å². The second-order valence-electron chi connectivity index (χ2n) is 18.3. The lowest BCUT2D eigenvalue weighted by Gasteiger charge is -2.37. The van der Waals surface area contributed by atoms with Crippen LogP contribution in [0.4, 0.5) is 26.0 Å². The van der Waals surface area contributed by atoms with Crippen LogP contribution in [0.25, 0.3) is 11.1 Å². The predicted molar refractivity (Wildman–Crippen MR) is 237 cm³/mol. The van der Waals surface area contributed by atoms with E-state index in [1.807, 2.05) is 17.0 Å². The van der Waals surface area contributed by atoms with E-state index in [-0.39, 0.29) is 30.4 Å². The smallest absolute Gasteiger partial charge is 0.264 e. The number of carbonyl (C=O) groups excluding carboxylic acids is 5. The highest BCUT2D eigenvalue weighted by Gasteiger charge is 2.46. The van der Waals surface area contributed by atoms with E-state index in [9.17, 15) is 32.8 Å². The van der Waals surface area contributed by atoms with Crippen molar-refractivity contribution in [1.29, 1.82) is 0 Å². The van der Waals surface area contributed by atoms with E-state index in [0.717, 1.165) is 105 Å². The Labute approximate surface area is 376 Å². The van der Waals surface area contributed by atoms with Crippen molar-refractivity contribution < 1.29 is 32.8 Å². The monoisotopic (exact) mass is 891 g/mol. The number of anilines is 3. The fourth-order valence-electron chi connectivity index (χ4n) is 11.0. The van der Waals surface area contributed by atoms with Gasteiger partial charge in [-0.1, -0.05) is 6.07 Å². The van der Waals surface area contributed by atoms with Gasteiger partial charge in [-0.15, -0.1) is 0 Å². The minimum atomic E-state index is -2.67. The number of hydrogen-bond donors (Lipinski definition) is 1. The highest BCUT2D eigenvalue weighted by atomic mass is 19.3. The Morgan fingerprint density at radius 2 is 1.63 bits per heavy atom. The summed E-state index contributed by atoms with van der Waals surface area (Å²) in [6, 6.07) is 8.04. The van der Waals surface area contributed by atoms with Gasteiger partial charge in [0.05, 0.1) is 35.6 Å². The summed E-state index contributed by atoms with van der Waals surface area (Å²) >= 11 is 0. The topological polar surface area (TPSA) is 152 Å². The van der Waals surface area contributed by atoms with Crippen LogP contribution in [-0.4, -0.2) is 140 Å². The molecule has 0 aliphatic carbocycles. The number of alkyl halides is 2. The first-order valence-electron chi connectivity index (χ1n) is 23.0. The summed E-state index contributed by atoms with van der Waals surface area (Å²) in [5, 5.41) is 11.8. The van der Waals surface area contributed by atoms with E-state index >= 15 is 0 Å². The van der Waals surface area contributed by atoms with Crippen LogP contribution >= 0.6 is 0 Å². The Kier molecular flexibility index (Phi) is 11.5. The largest absolute Gasteiger partial charge is 0.368 e. The molecule has 16 nitrogen and oxygen atoms in total. The number of nitrogens with zero attached hydrogens (tertiary/aromatic N) is 10. The molecule has 1 unspecified atom stereocenters. The number of halogens is 2. The fourth-order valence-corrected chi connectivity index (χ4v) is 11.0. The van der Waals surface area contributed by atoms with Gasteiger partial charge < -0.3 is 19.6 Å². The number of aryl methyl sites for hydroxylation is 2. The Bertz CT molecular complexity index is 2560. The number of imide groups is 2. The molecule has 1 atom stereocenters. The molecule has 2 aromatic carbocycles. The van der Waals surface area contributed by atoms with E-state index in [0.29, 0.717) is 67.1 Å². The SMILES string of the molecule is CC(=O)N1CCc2c(c(N3CCCc4cc(-c5cnn(C)c5)c(C(F)F)cc43)nn2C2CCN(CCCN3CCN(c4cccc5c4C(=O)N(C4CCC(=O)NC4=O)C5=O)CC3)CC2)C1. The third kappa shape index (κ3) is 7.97. The zero-order valence-electron chi connectivity index (χ0n) is 37.0. The molecule has 2 aromatic heterocycles. The van der Waals surface area contributed by atoms with Crippen molar-refractivity contribution in [3.63, 3.8) is 0 Å². The van der Waals surface area contributed by atoms with Crippen molar-refractivity contribution >= 4 is 46.7 Å². The standard InChI is InChI=1S/C47H55F2N11O5/c1-29(61)57-19-13-37-36(28-57)44(58-16-4-6-30-24-34(31-26-50-53(2)27-31)35(43(48)49)25-40(30)58)52-60(37)32-11-17-54(18-12-32)14-5-15-55-20-22-56(23-21-55)38-8-3-7-33-42(38)47(65)59(46(33)64)39-9-10-41(62)51-45(39)63/h3,7-8,24-27,32,39,43H,4-6,9-23,28H2,1-2H3,(H,51,62,63). The molecule has 6 aliphatic rings. The quantitative estimate of drug-likeness (QED) is 0.225. The minimum absolute atomic E-state index is 0.0123. The third-order valence-electron chi connectivity index (χ3n) is 14.4. The number of hydrogen-bond acceptors (Lipinski definition) is 11. The normalized spacial score (nSPS) is 21.0. The lowest BCUT2D eigenvalue weighted by atomic mass is 9.92. The molecule has 6 aliphatic heterocycles.